The Kier molecular flexibility index (Phi) is 4.36. The molecule has 0 bridgehead atoms. The van der Waals surface area contributed by atoms with Crippen molar-refractivity contribution in [3.63, 3.8) is 0 Å². The summed E-state index contributed by atoms with van der Waals surface area (Å²) < 4.78 is 0. The van der Waals surface area contributed by atoms with Crippen molar-refractivity contribution in [3.8, 4) is 0 Å². The fourth-order valence-electron chi connectivity index (χ4n) is 4.05. The predicted octanol–water partition coefficient (Wildman–Crippen LogP) is 1.64. The van der Waals surface area contributed by atoms with Crippen molar-refractivity contribution < 1.29 is 9.59 Å². The van der Waals surface area contributed by atoms with E-state index in [1.807, 2.05) is 15.9 Å². The Hall–Kier alpha value is -2.83. The first kappa shape index (κ1) is 16.6. The lowest BCUT2D eigenvalue weighted by atomic mass is 9.79. The van der Waals surface area contributed by atoms with Crippen LogP contribution in [0.2, 0.25) is 0 Å². The number of carbonyl (C=O) groups excluding carboxylic acids is 2. The van der Waals surface area contributed by atoms with Gasteiger partial charge in [-0.3, -0.25) is 19.6 Å². The highest BCUT2D eigenvalue weighted by Gasteiger charge is 2.44. The molecule has 134 valence electrons. The molecule has 0 saturated carbocycles. The summed E-state index contributed by atoms with van der Waals surface area (Å²) >= 11 is 0. The Labute approximate surface area is 152 Å². The second kappa shape index (κ2) is 6.82. The Morgan fingerprint density at radius 2 is 1.65 bits per heavy atom. The van der Waals surface area contributed by atoms with Crippen LogP contribution >= 0.6 is 0 Å². The first-order chi connectivity index (χ1) is 12.7. The van der Waals surface area contributed by atoms with E-state index in [4.69, 9.17) is 0 Å². The second-order valence-corrected chi connectivity index (χ2v) is 7.11. The van der Waals surface area contributed by atoms with Crippen molar-refractivity contribution in [2.24, 2.45) is 5.41 Å². The largest absolute Gasteiger partial charge is 0.337 e. The van der Waals surface area contributed by atoms with Crippen molar-refractivity contribution in [2.75, 3.05) is 26.2 Å². The third kappa shape index (κ3) is 3.16. The third-order valence-corrected chi connectivity index (χ3v) is 5.34. The van der Waals surface area contributed by atoms with Crippen LogP contribution in [0.5, 0.6) is 0 Å². The van der Waals surface area contributed by atoms with Gasteiger partial charge in [0.2, 0.25) is 0 Å². The second-order valence-electron chi connectivity index (χ2n) is 7.11. The summed E-state index contributed by atoms with van der Waals surface area (Å²) in [6.07, 6.45) is 9.13. The van der Waals surface area contributed by atoms with Crippen LogP contribution in [0.15, 0.2) is 43.0 Å². The van der Waals surface area contributed by atoms with Crippen molar-refractivity contribution in [1.82, 2.24) is 24.8 Å². The number of piperidine rings is 1. The van der Waals surface area contributed by atoms with Crippen LogP contribution in [-0.2, 0) is 0 Å². The molecule has 26 heavy (non-hydrogen) atoms. The summed E-state index contributed by atoms with van der Waals surface area (Å²) in [6, 6.07) is 5.38. The number of carbonyl (C=O) groups is 2. The van der Waals surface area contributed by atoms with E-state index >= 15 is 0 Å². The standard InChI is InChI=1S/C19H21N5O2/c25-17(15-4-1-2-7-21-15)24-11-6-19(14-24)5-3-10-23(13-19)18(26)16-12-20-8-9-22-16/h1-2,4,7-9,12H,3,5-6,10-11,13-14H2/t19-/m0/s1. The van der Waals surface area contributed by atoms with Crippen LogP contribution in [0.1, 0.15) is 40.2 Å². The summed E-state index contributed by atoms with van der Waals surface area (Å²) in [7, 11) is 0. The number of likely N-dealkylation sites (tertiary alicyclic amines) is 2. The van der Waals surface area contributed by atoms with Gasteiger partial charge in [0.25, 0.3) is 11.8 Å². The monoisotopic (exact) mass is 351 g/mol. The molecule has 2 aliphatic rings. The van der Waals surface area contributed by atoms with Crippen LogP contribution in [0.4, 0.5) is 0 Å². The van der Waals surface area contributed by atoms with Gasteiger partial charge in [-0.2, -0.15) is 0 Å². The molecule has 2 saturated heterocycles. The van der Waals surface area contributed by atoms with E-state index in [1.165, 1.54) is 12.4 Å². The Bertz CT molecular complexity index is 798. The lowest BCUT2D eigenvalue weighted by Gasteiger charge is -2.40. The summed E-state index contributed by atoms with van der Waals surface area (Å²) in [5.74, 6) is -0.105. The zero-order valence-electron chi connectivity index (χ0n) is 14.5. The first-order valence-corrected chi connectivity index (χ1v) is 8.93. The molecular weight excluding hydrogens is 330 g/mol. The topological polar surface area (TPSA) is 79.3 Å². The van der Waals surface area contributed by atoms with Crippen molar-refractivity contribution >= 4 is 11.8 Å². The number of hydrogen-bond donors (Lipinski definition) is 0. The summed E-state index contributed by atoms with van der Waals surface area (Å²) in [5, 5.41) is 0. The summed E-state index contributed by atoms with van der Waals surface area (Å²) in [4.78, 5) is 41.4. The Morgan fingerprint density at radius 1 is 0.885 bits per heavy atom. The van der Waals surface area contributed by atoms with Gasteiger partial charge in [0.05, 0.1) is 6.20 Å². The normalized spacial score (nSPS) is 22.6. The molecule has 0 aromatic carbocycles. The van der Waals surface area contributed by atoms with Crippen molar-refractivity contribution in [2.45, 2.75) is 19.3 Å². The van der Waals surface area contributed by atoms with Gasteiger partial charge in [-0.05, 0) is 31.4 Å². The Balaban J connectivity index is 1.46. The number of nitrogens with zero attached hydrogens (tertiary/aromatic N) is 5. The molecule has 1 atom stereocenters. The van der Waals surface area contributed by atoms with Crippen LogP contribution in [0.3, 0.4) is 0 Å². The van der Waals surface area contributed by atoms with Gasteiger partial charge in [0.1, 0.15) is 11.4 Å². The minimum atomic E-state index is -0.0772. The molecule has 4 rings (SSSR count). The van der Waals surface area contributed by atoms with Crippen LogP contribution in [0, 0.1) is 5.41 Å². The zero-order valence-corrected chi connectivity index (χ0v) is 14.5. The van der Waals surface area contributed by atoms with Gasteiger partial charge in [0, 0.05) is 50.2 Å². The number of pyridine rings is 1. The maximum absolute atomic E-state index is 12.7. The lowest BCUT2D eigenvalue weighted by molar-refractivity contribution is 0.0510. The molecule has 0 unspecified atom stereocenters. The van der Waals surface area contributed by atoms with Crippen molar-refractivity contribution in [3.05, 3.63) is 54.4 Å². The molecule has 2 amide bonds. The van der Waals surface area contributed by atoms with E-state index in [2.05, 4.69) is 15.0 Å². The van der Waals surface area contributed by atoms with Crippen LogP contribution < -0.4 is 0 Å². The van der Waals surface area contributed by atoms with E-state index in [0.717, 1.165) is 25.8 Å². The zero-order chi connectivity index (χ0) is 18.0. The molecule has 2 fully saturated rings. The minimum absolute atomic E-state index is 0.0272. The van der Waals surface area contributed by atoms with Gasteiger partial charge < -0.3 is 9.80 Å². The van der Waals surface area contributed by atoms with Crippen LogP contribution in [0.25, 0.3) is 0 Å². The SMILES string of the molecule is O=C(c1cnccn1)N1CCC[C@]2(CCN(C(=O)c3ccccn3)C2)C1. The van der Waals surface area contributed by atoms with Gasteiger partial charge in [0.15, 0.2) is 0 Å². The van der Waals surface area contributed by atoms with E-state index in [9.17, 15) is 9.59 Å². The highest BCUT2D eigenvalue weighted by Crippen LogP contribution is 2.39. The van der Waals surface area contributed by atoms with E-state index in [-0.39, 0.29) is 17.2 Å². The average molecular weight is 351 g/mol. The minimum Gasteiger partial charge on any atom is -0.337 e. The van der Waals surface area contributed by atoms with Gasteiger partial charge in [-0.25, -0.2) is 4.98 Å². The predicted molar refractivity (Wildman–Crippen MR) is 94.4 cm³/mol. The van der Waals surface area contributed by atoms with E-state index in [1.54, 1.807) is 24.5 Å². The molecule has 2 aliphatic heterocycles. The van der Waals surface area contributed by atoms with Gasteiger partial charge in [-0.1, -0.05) is 6.07 Å². The molecule has 7 nitrogen and oxygen atoms in total. The van der Waals surface area contributed by atoms with E-state index in [0.29, 0.717) is 31.0 Å². The lowest BCUT2D eigenvalue weighted by Crippen LogP contribution is -2.48. The number of rotatable bonds is 2. The van der Waals surface area contributed by atoms with Gasteiger partial charge in [-0.15, -0.1) is 0 Å². The molecule has 4 heterocycles. The quantitative estimate of drug-likeness (QED) is 0.822. The fourth-order valence-corrected chi connectivity index (χ4v) is 4.05. The number of hydrogen-bond acceptors (Lipinski definition) is 5. The van der Waals surface area contributed by atoms with E-state index < -0.39 is 0 Å². The smallest absolute Gasteiger partial charge is 0.274 e. The van der Waals surface area contributed by atoms with Crippen molar-refractivity contribution in [1.29, 1.82) is 0 Å². The molecule has 2 aromatic heterocycles. The molecule has 7 heteroatoms. The van der Waals surface area contributed by atoms with Crippen LogP contribution in [-0.4, -0.2) is 62.7 Å². The third-order valence-electron chi connectivity index (χ3n) is 5.34. The number of aromatic nitrogens is 3. The summed E-state index contributed by atoms with van der Waals surface area (Å²) in [6.45, 7) is 2.77. The molecule has 0 radical (unpaired) electrons. The number of amides is 2. The molecule has 1 spiro atoms. The van der Waals surface area contributed by atoms with Gasteiger partial charge >= 0.3 is 0 Å². The summed E-state index contributed by atoms with van der Waals surface area (Å²) in [5.41, 5.74) is 0.831. The highest BCUT2D eigenvalue weighted by molar-refractivity contribution is 5.93. The molecule has 0 N–H and O–H groups in total. The average Bonchev–Trinajstić information content (AvgIpc) is 3.11. The molecular formula is C19H21N5O2. The maximum atomic E-state index is 12.7. The highest BCUT2D eigenvalue weighted by atomic mass is 16.2. The molecule has 0 aliphatic carbocycles. The maximum Gasteiger partial charge on any atom is 0.274 e. The molecule has 2 aromatic rings. The first-order valence-electron chi connectivity index (χ1n) is 8.93. The fraction of sp³-hybridized carbons (Fsp3) is 0.421. The Morgan fingerprint density at radius 3 is 2.38 bits per heavy atom.